The second-order valence-electron chi connectivity index (χ2n) is 9.45. The molecule has 5 rings (SSSR count). The maximum atomic E-state index is 6.57. The zero-order chi connectivity index (χ0) is 25.2. The molecule has 186 valence electrons. The van der Waals surface area contributed by atoms with Gasteiger partial charge in [-0.05, 0) is 63.5 Å². The van der Waals surface area contributed by atoms with Crippen molar-refractivity contribution in [2.45, 2.75) is 26.2 Å². The van der Waals surface area contributed by atoms with Crippen molar-refractivity contribution in [3.8, 4) is 28.3 Å². The van der Waals surface area contributed by atoms with Crippen LogP contribution in [0.5, 0.6) is 5.75 Å². The molecule has 0 amide bonds. The molecule has 36 heavy (non-hydrogen) atoms. The van der Waals surface area contributed by atoms with Crippen LogP contribution >= 0.6 is 11.6 Å². The first kappa shape index (κ1) is 24.3. The molecule has 4 aromatic rings. The maximum absolute atomic E-state index is 6.57. The van der Waals surface area contributed by atoms with Crippen LogP contribution in [0.25, 0.3) is 22.5 Å². The maximum Gasteiger partial charge on any atom is 0.227 e. The molecule has 1 aliphatic carbocycles. The van der Waals surface area contributed by atoms with Gasteiger partial charge in [-0.1, -0.05) is 35.9 Å². The number of nitrogens with one attached hydrogen (secondary N) is 1. The zero-order valence-corrected chi connectivity index (χ0v) is 21.9. The smallest absolute Gasteiger partial charge is 0.227 e. The summed E-state index contributed by atoms with van der Waals surface area (Å²) >= 11 is 6.57. The van der Waals surface area contributed by atoms with E-state index in [-0.39, 0.29) is 0 Å². The fourth-order valence-corrected chi connectivity index (χ4v) is 4.87. The molecule has 0 bridgehead atoms. The molecule has 1 aliphatic rings. The van der Waals surface area contributed by atoms with Crippen molar-refractivity contribution in [3.63, 3.8) is 0 Å². The molecular weight excluding hydrogens is 472 g/mol. The summed E-state index contributed by atoms with van der Waals surface area (Å²) in [5, 5.41) is 8.70. The highest BCUT2D eigenvalue weighted by atomic mass is 35.5. The van der Waals surface area contributed by atoms with Crippen LogP contribution in [-0.2, 0) is 19.9 Å². The van der Waals surface area contributed by atoms with Crippen LogP contribution in [0.3, 0.4) is 0 Å². The van der Waals surface area contributed by atoms with Gasteiger partial charge in [0.25, 0.3) is 0 Å². The number of aromatic nitrogens is 4. The SMILES string of the molecule is Cc1ccccc1-c1c2c(nn1C)CCc1cnc(Nc3ccc(OCCCN(C)C)cc3Cl)nc1-2. The van der Waals surface area contributed by atoms with E-state index in [0.29, 0.717) is 17.6 Å². The third kappa shape index (κ3) is 4.94. The molecule has 2 aromatic heterocycles. The average Bonchev–Trinajstić information content (AvgIpc) is 3.20. The van der Waals surface area contributed by atoms with Crippen LogP contribution in [0.2, 0.25) is 5.02 Å². The topological polar surface area (TPSA) is 68.1 Å². The number of rotatable bonds is 8. The zero-order valence-electron chi connectivity index (χ0n) is 21.2. The van der Waals surface area contributed by atoms with Gasteiger partial charge in [-0.2, -0.15) is 5.10 Å². The summed E-state index contributed by atoms with van der Waals surface area (Å²) in [5.74, 6) is 1.25. The van der Waals surface area contributed by atoms with Crippen LogP contribution in [0.1, 0.15) is 23.2 Å². The van der Waals surface area contributed by atoms with E-state index in [9.17, 15) is 0 Å². The molecule has 7 nitrogen and oxygen atoms in total. The lowest BCUT2D eigenvalue weighted by Gasteiger charge is -2.18. The van der Waals surface area contributed by atoms with Crippen LogP contribution in [0, 0.1) is 6.92 Å². The fourth-order valence-electron chi connectivity index (χ4n) is 4.65. The van der Waals surface area contributed by atoms with Gasteiger partial charge in [0.05, 0.1) is 34.4 Å². The Kier molecular flexibility index (Phi) is 6.94. The standard InChI is InChI=1S/C28H31ClN6O/c1-18-8-5-6-9-21(18)27-25-24(33-35(27)4)12-10-19-17-30-28(32-26(19)25)31-23-13-11-20(16-22(23)29)36-15-7-14-34(2)3/h5-6,8-9,11,13,16-17H,7,10,12,14-15H2,1-4H3,(H,30,31,32). The van der Waals surface area contributed by atoms with Gasteiger partial charge in [-0.3, -0.25) is 4.68 Å². The molecular formula is C28H31ClN6O. The number of hydrogen-bond donors (Lipinski definition) is 1. The monoisotopic (exact) mass is 502 g/mol. The third-order valence-electron chi connectivity index (χ3n) is 6.46. The van der Waals surface area contributed by atoms with Crippen molar-refractivity contribution >= 4 is 23.2 Å². The largest absolute Gasteiger partial charge is 0.493 e. The van der Waals surface area contributed by atoms with Crippen molar-refractivity contribution in [2.75, 3.05) is 32.6 Å². The molecule has 0 atom stereocenters. The molecule has 0 spiro atoms. The first-order valence-corrected chi connectivity index (χ1v) is 12.6. The predicted octanol–water partition coefficient (Wildman–Crippen LogP) is 5.68. The normalized spacial score (nSPS) is 12.4. The molecule has 0 saturated carbocycles. The minimum atomic E-state index is 0.503. The first-order valence-electron chi connectivity index (χ1n) is 12.2. The summed E-state index contributed by atoms with van der Waals surface area (Å²) in [7, 11) is 6.11. The average molecular weight is 503 g/mol. The number of aryl methyl sites for hydroxylation is 4. The van der Waals surface area contributed by atoms with Gasteiger partial charge < -0.3 is 15.0 Å². The number of fused-ring (bicyclic) bond motifs is 3. The van der Waals surface area contributed by atoms with E-state index in [1.165, 1.54) is 11.1 Å². The van der Waals surface area contributed by atoms with Crippen LogP contribution < -0.4 is 10.1 Å². The lowest BCUT2D eigenvalue weighted by Crippen LogP contribution is -2.15. The Bertz CT molecular complexity index is 1400. The van der Waals surface area contributed by atoms with Crippen LogP contribution in [-0.4, -0.2) is 51.9 Å². The van der Waals surface area contributed by atoms with Gasteiger partial charge >= 0.3 is 0 Å². The highest BCUT2D eigenvalue weighted by molar-refractivity contribution is 6.33. The van der Waals surface area contributed by atoms with E-state index in [0.717, 1.165) is 65.5 Å². The molecule has 0 saturated heterocycles. The minimum Gasteiger partial charge on any atom is -0.493 e. The van der Waals surface area contributed by atoms with Gasteiger partial charge in [-0.25, -0.2) is 9.97 Å². The summed E-state index contributed by atoms with van der Waals surface area (Å²) in [5.41, 5.74) is 8.41. The van der Waals surface area contributed by atoms with Crippen molar-refractivity contribution in [3.05, 3.63) is 70.5 Å². The van der Waals surface area contributed by atoms with Crippen LogP contribution in [0.4, 0.5) is 11.6 Å². The first-order chi connectivity index (χ1) is 17.4. The summed E-state index contributed by atoms with van der Waals surface area (Å²) < 4.78 is 7.82. The summed E-state index contributed by atoms with van der Waals surface area (Å²) in [6.45, 7) is 3.75. The molecule has 1 N–H and O–H groups in total. The molecule has 0 unspecified atom stereocenters. The highest BCUT2D eigenvalue weighted by Gasteiger charge is 2.27. The van der Waals surface area contributed by atoms with E-state index in [2.05, 4.69) is 60.5 Å². The van der Waals surface area contributed by atoms with E-state index in [4.69, 9.17) is 26.4 Å². The summed E-state index contributed by atoms with van der Waals surface area (Å²) in [6, 6.07) is 14.0. The number of nitrogens with zero attached hydrogens (tertiary/aromatic N) is 5. The Balaban J connectivity index is 1.42. The van der Waals surface area contributed by atoms with Gasteiger partial charge in [-0.15, -0.1) is 0 Å². The number of benzene rings is 2. The van der Waals surface area contributed by atoms with Gasteiger partial charge in [0.2, 0.25) is 5.95 Å². The van der Waals surface area contributed by atoms with E-state index in [1.807, 2.05) is 36.1 Å². The molecule has 2 heterocycles. The Labute approximate surface area is 217 Å². The second-order valence-corrected chi connectivity index (χ2v) is 9.86. The van der Waals surface area contributed by atoms with Crippen molar-refractivity contribution in [1.82, 2.24) is 24.6 Å². The van der Waals surface area contributed by atoms with Gasteiger partial charge in [0, 0.05) is 37.0 Å². The number of halogens is 1. The van der Waals surface area contributed by atoms with E-state index in [1.54, 1.807) is 0 Å². The minimum absolute atomic E-state index is 0.503. The Morgan fingerprint density at radius 3 is 2.75 bits per heavy atom. The van der Waals surface area contributed by atoms with E-state index >= 15 is 0 Å². The Hall–Kier alpha value is -3.42. The number of hydrogen-bond acceptors (Lipinski definition) is 6. The predicted molar refractivity (Wildman–Crippen MR) is 145 cm³/mol. The van der Waals surface area contributed by atoms with Gasteiger partial charge in [0.15, 0.2) is 0 Å². The van der Waals surface area contributed by atoms with Crippen molar-refractivity contribution in [1.29, 1.82) is 0 Å². The molecule has 0 radical (unpaired) electrons. The molecule has 8 heteroatoms. The number of ether oxygens (including phenoxy) is 1. The number of anilines is 2. The quantitative estimate of drug-likeness (QED) is 0.313. The van der Waals surface area contributed by atoms with Crippen molar-refractivity contribution in [2.24, 2.45) is 7.05 Å². The lowest BCUT2D eigenvalue weighted by molar-refractivity contribution is 0.281. The van der Waals surface area contributed by atoms with Crippen molar-refractivity contribution < 1.29 is 4.74 Å². The molecule has 0 aliphatic heterocycles. The molecule has 2 aromatic carbocycles. The van der Waals surface area contributed by atoms with E-state index < -0.39 is 0 Å². The summed E-state index contributed by atoms with van der Waals surface area (Å²) in [6.07, 6.45) is 4.61. The lowest BCUT2D eigenvalue weighted by atomic mass is 9.90. The highest BCUT2D eigenvalue weighted by Crippen LogP contribution is 2.40. The fraction of sp³-hybridized carbons (Fsp3) is 0.321. The summed E-state index contributed by atoms with van der Waals surface area (Å²) in [4.78, 5) is 11.7. The van der Waals surface area contributed by atoms with Crippen LogP contribution in [0.15, 0.2) is 48.7 Å². The Morgan fingerprint density at radius 2 is 1.97 bits per heavy atom. The Morgan fingerprint density at radius 1 is 1.14 bits per heavy atom. The van der Waals surface area contributed by atoms with Gasteiger partial charge in [0.1, 0.15) is 5.75 Å². The second kappa shape index (κ2) is 10.3. The third-order valence-corrected chi connectivity index (χ3v) is 6.77. The molecule has 0 fully saturated rings.